The second kappa shape index (κ2) is 8.40. The molecule has 0 saturated carbocycles. The van der Waals surface area contributed by atoms with E-state index in [0.29, 0.717) is 32.8 Å². The molecule has 2 fully saturated rings. The normalized spacial score (nSPS) is 19.8. The third-order valence-electron chi connectivity index (χ3n) is 6.01. The summed E-state index contributed by atoms with van der Waals surface area (Å²) in [4.78, 5) is 27.1. The Hall–Kier alpha value is -2.99. The standard InChI is InChI=1S/C24H26N4O2/c29-24(27-13-15-30-16-14-27)19-9-6-12-28(17-19)23-20-10-4-5-11-21(20)25-22(26-23)18-7-2-1-3-8-18/h1-5,7-8,10-11,19H,6,9,12-17H2. The Bertz CT molecular complexity index is 1030. The Kier molecular flexibility index (Phi) is 5.32. The van der Waals surface area contributed by atoms with E-state index in [0.717, 1.165) is 47.5 Å². The molecule has 0 radical (unpaired) electrons. The Morgan fingerprint density at radius 3 is 2.53 bits per heavy atom. The highest BCUT2D eigenvalue weighted by Crippen LogP contribution is 2.31. The van der Waals surface area contributed by atoms with Gasteiger partial charge in [-0.3, -0.25) is 4.79 Å². The lowest BCUT2D eigenvalue weighted by Crippen LogP contribution is -2.48. The molecular formula is C24H26N4O2. The number of hydrogen-bond donors (Lipinski definition) is 0. The zero-order valence-electron chi connectivity index (χ0n) is 17.0. The highest BCUT2D eigenvalue weighted by molar-refractivity contribution is 5.91. The first-order valence-corrected chi connectivity index (χ1v) is 10.7. The average Bonchev–Trinajstić information content (AvgIpc) is 2.84. The maximum Gasteiger partial charge on any atom is 0.227 e. The number of rotatable bonds is 3. The molecule has 1 atom stereocenters. The maximum atomic E-state index is 13.1. The van der Waals surface area contributed by atoms with Crippen LogP contribution in [0.5, 0.6) is 0 Å². The molecule has 0 N–H and O–H groups in total. The summed E-state index contributed by atoms with van der Waals surface area (Å²) >= 11 is 0. The topological polar surface area (TPSA) is 58.6 Å². The monoisotopic (exact) mass is 402 g/mol. The van der Waals surface area contributed by atoms with Gasteiger partial charge >= 0.3 is 0 Å². The van der Waals surface area contributed by atoms with Gasteiger partial charge in [-0.25, -0.2) is 9.97 Å². The van der Waals surface area contributed by atoms with Crippen molar-refractivity contribution in [3.05, 3.63) is 54.6 Å². The number of anilines is 1. The second-order valence-electron chi connectivity index (χ2n) is 7.98. The molecule has 0 spiro atoms. The third kappa shape index (κ3) is 3.75. The molecule has 1 aromatic heterocycles. The van der Waals surface area contributed by atoms with E-state index in [1.807, 2.05) is 53.4 Å². The van der Waals surface area contributed by atoms with Crippen LogP contribution in [0.15, 0.2) is 54.6 Å². The van der Waals surface area contributed by atoms with E-state index >= 15 is 0 Å². The van der Waals surface area contributed by atoms with Crippen molar-refractivity contribution in [1.29, 1.82) is 0 Å². The zero-order valence-corrected chi connectivity index (χ0v) is 17.0. The van der Waals surface area contributed by atoms with Crippen molar-refractivity contribution < 1.29 is 9.53 Å². The number of para-hydroxylation sites is 1. The van der Waals surface area contributed by atoms with Crippen LogP contribution in [0.1, 0.15) is 12.8 Å². The second-order valence-corrected chi connectivity index (χ2v) is 7.98. The fourth-order valence-electron chi connectivity index (χ4n) is 4.43. The lowest BCUT2D eigenvalue weighted by Gasteiger charge is -2.37. The maximum absolute atomic E-state index is 13.1. The van der Waals surface area contributed by atoms with Crippen LogP contribution in [-0.4, -0.2) is 60.2 Å². The molecule has 1 amide bonds. The lowest BCUT2D eigenvalue weighted by atomic mass is 9.96. The van der Waals surface area contributed by atoms with Gasteiger partial charge in [0, 0.05) is 37.1 Å². The number of morpholine rings is 1. The quantitative estimate of drug-likeness (QED) is 0.672. The van der Waals surface area contributed by atoms with E-state index in [2.05, 4.69) is 11.0 Å². The van der Waals surface area contributed by atoms with E-state index in [4.69, 9.17) is 14.7 Å². The molecule has 6 nitrogen and oxygen atoms in total. The van der Waals surface area contributed by atoms with Crippen molar-refractivity contribution in [2.24, 2.45) is 5.92 Å². The van der Waals surface area contributed by atoms with Gasteiger partial charge in [-0.15, -0.1) is 0 Å². The Labute approximate surface area is 176 Å². The number of aromatic nitrogens is 2. The van der Waals surface area contributed by atoms with Gasteiger partial charge < -0.3 is 14.5 Å². The molecule has 154 valence electrons. The first-order valence-electron chi connectivity index (χ1n) is 10.7. The van der Waals surface area contributed by atoms with Crippen molar-refractivity contribution in [2.45, 2.75) is 12.8 Å². The summed E-state index contributed by atoms with van der Waals surface area (Å²) in [6.45, 7) is 4.28. The van der Waals surface area contributed by atoms with Gasteiger partial charge in [0.25, 0.3) is 0 Å². The minimum Gasteiger partial charge on any atom is -0.378 e. The van der Waals surface area contributed by atoms with Crippen LogP contribution in [0.25, 0.3) is 22.3 Å². The number of piperidine rings is 1. The molecule has 30 heavy (non-hydrogen) atoms. The predicted molar refractivity (Wildman–Crippen MR) is 117 cm³/mol. The minimum absolute atomic E-state index is 0.00533. The van der Waals surface area contributed by atoms with Crippen LogP contribution in [0.3, 0.4) is 0 Å². The fraction of sp³-hybridized carbons (Fsp3) is 0.375. The number of benzene rings is 2. The van der Waals surface area contributed by atoms with Gasteiger partial charge in [0.05, 0.1) is 24.6 Å². The largest absolute Gasteiger partial charge is 0.378 e. The van der Waals surface area contributed by atoms with E-state index in [-0.39, 0.29) is 11.8 Å². The van der Waals surface area contributed by atoms with Gasteiger partial charge in [-0.1, -0.05) is 42.5 Å². The number of amides is 1. The molecule has 3 heterocycles. The van der Waals surface area contributed by atoms with Crippen molar-refractivity contribution in [2.75, 3.05) is 44.3 Å². The number of ether oxygens (including phenoxy) is 1. The minimum atomic E-state index is 0.00533. The molecule has 2 aliphatic rings. The fourth-order valence-corrected chi connectivity index (χ4v) is 4.43. The van der Waals surface area contributed by atoms with Crippen LogP contribution in [0.2, 0.25) is 0 Å². The smallest absolute Gasteiger partial charge is 0.227 e. The van der Waals surface area contributed by atoms with Gasteiger partial charge in [-0.05, 0) is 25.0 Å². The van der Waals surface area contributed by atoms with E-state index in [1.165, 1.54) is 0 Å². The van der Waals surface area contributed by atoms with Gasteiger partial charge in [0.1, 0.15) is 5.82 Å². The van der Waals surface area contributed by atoms with Gasteiger partial charge in [0.15, 0.2) is 5.82 Å². The summed E-state index contributed by atoms with van der Waals surface area (Å²) in [5.41, 5.74) is 1.94. The van der Waals surface area contributed by atoms with Crippen molar-refractivity contribution in [3.63, 3.8) is 0 Å². The van der Waals surface area contributed by atoms with Crippen LogP contribution in [0, 0.1) is 5.92 Å². The number of nitrogens with zero attached hydrogens (tertiary/aromatic N) is 4. The molecule has 6 heteroatoms. The van der Waals surface area contributed by atoms with Gasteiger partial charge in [-0.2, -0.15) is 0 Å². The molecule has 1 unspecified atom stereocenters. The molecule has 2 aromatic carbocycles. The Morgan fingerprint density at radius 1 is 0.933 bits per heavy atom. The number of carbonyl (C=O) groups excluding carboxylic acids is 1. The van der Waals surface area contributed by atoms with Crippen molar-refractivity contribution in [3.8, 4) is 11.4 Å². The van der Waals surface area contributed by atoms with E-state index < -0.39 is 0 Å². The SMILES string of the molecule is O=C(C1CCCN(c2nc(-c3ccccc3)nc3ccccc23)C1)N1CCOCC1. The average molecular weight is 402 g/mol. The van der Waals surface area contributed by atoms with Crippen LogP contribution >= 0.6 is 0 Å². The zero-order chi connectivity index (χ0) is 20.3. The summed E-state index contributed by atoms with van der Waals surface area (Å²) in [5, 5.41) is 1.04. The van der Waals surface area contributed by atoms with Crippen molar-refractivity contribution in [1.82, 2.24) is 14.9 Å². The summed E-state index contributed by atoms with van der Waals surface area (Å²) in [7, 11) is 0. The number of carbonyl (C=O) groups is 1. The third-order valence-corrected chi connectivity index (χ3v) is 6.01. The van der Waals surface area contributed by atoms with Crippen LogP contribution in [-0.2, 0) is 9.53 Å². The first-order chi connectivity index (χ1) is 14.8. The van der Waals surface area contributed by atoms with E-state index in [1.54, 1.807) is 0 Å². The molecule has 3 aromatic rings. The highest BCUT2D eigenvalue weighted by Gasteiger charge is 2.31. The number of hydrogen-bond acceptors (Lipinski definition) is 5. The molecule has 2 saturated heterocycles. The molecule has 5 rings (SSSR count). The number of fused-ring (bicyclic) bond motifs is 1. The summed E-state index contributed by atoms with van der Waals surface area (Å²) in [6.07, 6.45) is 1.92. The summed E-state index contributed by atoms with van der Waals surface area (Å²) in [5.74, 6) is 1.92. The summed E-state index contributed by atoms with van der Waals surface area (Å²) < 4.78 is 5.41. The molecule has 2 aliphatic heterocycles. The molecule has 0 aliphatic carbocycles. The Morgan fingerprint density at radius 2 is 1.70 bits per heavy atom. The molecular weight excluding hydrogens is 376 g/mol. The lowest BCUT2D eigenvalue weighted by molar-refractivity contribution is -0.139. The highest BCUT2D eigenvalue weighted by atomic mass is 16.5. The van der Waals surface area contributed by atoms with Gasteiger partial charge in [0.2, 0.25) is 5.91 Å². The molecule has 0 bridgehead atoms. The Balaban J connectivity index is 1.48. The predicted octanol–water partition coefficient (Wildman–Crippen LogP) is 3.37. The van der Waals surface area contributed by atoms with Crippen LogP contribution < -0.4 is 4.90 Å². The van der Waals surface area contributed by atoms with Crippen molar-refractivity contribution >= 4 is 22.6 Å². The van der Waals surface area contributed by atoms with Crippen LogP contribution in [0.4, 0.5) is 5.82 Å². The first kappa shape index (κ1) is 19.0. The van der Waals surface area contributed by atoms with E-state index in [9.17, 15) is 4.79 Å². The summed E-state index contributed by atoms with van der Waals surface area (Å²) in [6, 6.07) is 18.2.